The van der Waals surface area contributed by atoms with Gasteiger partial charge in [0.05, 0.1) is 37.1 Å². The van der Waals surface area contributed by atoms with Crippen LogP contribution in [-0.4, -0.2) is 78.2 Å². The maximum absolute atomic E-state index is 15.0. The molecule has 2 N–H and O–H groups in total. The van der Waals surface area contributed by atoms with Crippen LogP contribution in [0.25, 0.3) is 10.9 Å². The predicted octanol–water partition coefficient (Wildman–Crippen LogP) is 5.29. The number of rotatable bonds is 10. The van der Waals surface area contributed by atoms with Gasteiger partial charge >= 0.3 is 0 Å². The van der Waals surface area contributed by atoms with Gasteiger partial charge in [0.1, 0.15) is 11.9 Å². The largest absolute Gasteiger partial charge is 0.496 e. The zero-order valence-electron chi connectivity index (χ0n) is 22.4. The number of anilines is 1. The summed E-state index contributed by atoms with van der Waals surface area (Å²) in [6.07, 6.45) is 2.90. The molecule has 2 aromatic carbocycles. The first-order valence-corrected chi connectivity index (χ1v) is 13.5. The second kappa shape index (κ2) is 10.6. The number of benzene rings is 2. The second-order valence-corrected chi connectivity index (χ2v) is 10.8. The minimum atomic E-state index is -0.910. The third kappa shape index (κ3) is 4.70. The maximum Gasteiger partial charge on any atom is 0.126 e. The highest BCUT2D eigenvalue weighted by molar-refractivity contribution is 5.84. The molecule has 5 rings (SSSR count). The van der Waals surface area contributed by atoms with Crippen molar-refractivity contribution < 1.29 is 13.5 Å². The molecule has 1 saturated heterocycles. The minimum Gasteiger partial charge on any atom is -0.496 e. The SMILES string of the molecule is CCC(F)CN1[C@H](C)Cc2c(ccc3[nH]ncc23)[C@@]1(C)c1ccc(NC2CN(CCCF)C2)cc1OC. The monoisotopic (exact) mass is 511 g/mol. The van der Waals surface area contributed by atoms with Crippen LogP contribution in [-0.2, 0) is 12.0 Å². The Balaban J connectivity index is 1.52. The molecular weight excluding hydrogens is 472 g/mol. The van der Waals surface area contributed by atoms with Gasteiger partial charge in [0.25, 0.3) is 0 Å². The van der Waals surface area contributed by atoms with E-state index in [9.17, 15) is 8.78 Å². The van der Waals surface area contributed by atoms with Gasteiger partial charge in [0.15, 0.2) is 0 Å². The zero-order valence-corrected chi connectivity index (χ0v) is 22.4. The molecule has 3 atom stereocenters. The van der Waals surface area contributed by atoms with Gasteiger partial charge in [0.2, 0.25) is 0 Å². The van der Waals surface area contributed by atoms with Crippen molar-refractivity contribution >= 4 is 16.6 Å². The lowest BCUT2D eigenvalue weighted by atomic mass is 9.73. The number of ether oxygens (including phenoxy) is 1. The van der Waals surface area contributed by atoms with Gasteiger partial charge < -0.3 is 10.1 Å². The van der Waals surface area contributed by atoms with E-state index >= 15 is 0 Å². The fraction of sp³-hybridized carbons (Fsp3) is 0.552. The number of halogens is 2. The molecule has 0 amide bonds. The van der Waals surface area contributed by atoms with Gasteiger partial charge in [-0.15, -0.1) is 0 Å². The van der Waals surface area contributed by atoms with Crippen molar-refractivity contribution in [2.45, 2.75) is 63.8 Å². The van der Waals surface area contributed by atoms with Crippen LogP contribution in [0.5, 0.6) is 5.75 Å². The van der Waals surface area contributed by atoms with Crippen LogP contribution in [0.15, 0.2) is 36.5 Å². The Morgan fingerprint density at radius 2 is 2.03 bits per heavy atom. The number of hydrogen-bond acceptors (Lipinski definition) is 5. The zero-order chi connectivity index (χ0) is 26.2. The highest BCUT2D eigenvalue weighted by atomic mass is 19.1. The van der Waals surface area contributed by atoms with Crippen LogP contribution in [0.2, 0.25) is 0 Å². The number of H-pyrrole nitrogens is 1. The molecule has 0 spiro atoms. The number of nitrogens with zero attached hydrogens (tertiary/aromatic N) is 3. The third-order valence-electron chi connectivity index (χ3n) is 8.37. The maximum atomic E-state index is 15.0. The summed E-state index contributed by atoms with van der Waals surface area (Å²) in [4.78, 5) is 4.58. The van der Waals surface area contributed by atoms with Crippen LogP contribution in [0, 0.1) is 0 Å². The summed E-state index contributed by atoms with van der Waals surface area (Å²) in [5.41, 5.74) is 4.89. The van der Waals surface area contributed by atoms with E-state index in [1.807, 2.05) is 13.1 Å². The molecule has 0 saturated carbocycles. The van der Waals surface area contributed by atoms with Crippen molar-refractivity contribution in [1.82, 2.24) is 20.0 Å². The molecule has 1 unspecified atom stereocenters. The molecule has 0 bridgehead atoms. The molecule has 3 heterocycles. The van der Waals surface area contributed by atoms with Crippen molar-refractivity contribution in [3.8, 4) is 5.75 Å². The predicted molar refractivity (Wildman–Crippen MR) is 145 cm³/mol. The number of methoxy groups -OCH3 is 1. The molecule has 0 radical (unpaired) electrons. The van der Waals surface area contributed by atoms with Crippen LogP contribution >= 0.6 is 0 Å². The summed E-state index contributed by atoms with van der Waals surface area (Å²) in [6, 6.07) is 11.0. The summed E-state index contributed by atoms with van der Waals surface area (Å²) < 4.78 is 33.4. The number of aromatic amines is 1. The summed E-state index contributed by atoms with van der Waals surface area (Å²) in [7, 11) is 1.70. The van der Waals surface area contributed by atoms with E-state index in [2.05, 4.69) is 69.5 Å². The summed E-state index contributed by atoms with van der Waals surface area (Å²) in [5.74, 6) is 0.783. The molecular formula is C29H39F2N5O. The number of fused-ring (bicyclic) bond motifs is 3. The van der Waals surface area contributed by atoms with E-state index in [1.54, 1.807) is 7.11 Å². The van der Waals surface area contributed by atoms with Crippen LogP contribution in [0.1, 0.15) is 50.3 Å². The quantitative estimate of drug-likeness (QED) is 0.388. The topological polar surface area (TPSA) is 56.4 Å². The number of likely N-dealkylation sites (tertiary alicyclic amines) is 1. The minimum absolute atomic E-state index is 0.135. The van der Waals surface area contributed by atoms with E-state index in [0.717, 1.165) is 54.0 Å². The number of hydrogen-bond donors (Lipinski definition) is 2. The smallest absolute Gasteiger partial charge is 0.126 e. The van der Waals surface area contributed by atoms with Crippen molar-refractivity contribution in [2.75, 3.05) is 45.3 Å². The Kier molecular flexibility index (Phi) is 7.41. The molecule has 8 heteroatoms. The standard InChI is InChI=1S/C29H39F2N5O/c1-5-20(31)16-36-19(2)13-23-24-15-32-34-27(24)10-9-25(23)29(36,3)26-8-7-21(14-28(26)37-4)33-22-17-35(18-22)12-6-11-30/h7-10,14-15,19-20,22,33H,5-6,11-13,16-18H2,1-4H3,(H,32,34)/t19-,20?,29+/m1/s1. The first-order chi connectivity index (χ1) is 17.9. The Morgan fingerprint density at radius 1 is 1.24 bits per heavy atom. The van der Waals surface area contributed by atoms with E-state index in [-0.39, 0.29) is 12.7 Å². The van der Waals surface area contributed by atoms with Gasteiger partial charge in [-0.1, -0.05) is 19.1 Å². The van der Waals surface area contributed by atoms with Crippen molar-refractivity contribution in [2.24, 2.45) is 0 Å². The summed E-state index contributed by atoms with van der Waals surface area (Å²) in [5, 5.41) is 12.1. The van der Waals surface area contributed by atoms with Crippen LogP contribution in [0.3, 0.4) is 0 Å². The Labute approximate surface area is 218 Å². The first kappa shape index (κ1) is 25.9. The number of alkyl halides is 2. The molecule has 1 fully saturated rings. The number of aromatic nitrogens is 2. The third-order valence-corrected chi connectivity index (χ3v) is 8.37. The highest BCUT2D eigenvalue weighted by Crippen LogP contribution is 2.48. The van der Waals surface area contributed by atoms with E-state index in [4.69, 9.17) is 4.74 Å². The molecule has 3 aromatic rings. The first-order valence-electron chi connectivity index (χ1n) is 13.5. The van der Waals surface area contributed by atoms with Gasteiger partial charge in [0, 0.05) is 54.9 Å². The van der Waals surface area contributed by atoms with E-state index < -0.39 is 11.7 Å². The fourth-order valence-electron chi connectivity index (χ4n) is 6.30. The summed E-state index contributed by atoms with van der Waals surface area (Å²) >= 11 is 0. The lowest BCUT2D eigenvalue weighted by molar-refractivity contribution is 0.0464. The second-order valence-electron chi connectivity index (χ2n) is 10.8. The van der Waals surface area contributed by atoms with Crippen LogP contribution in [0.4, 0.5) is 14.5 Å². The van der Waals surface area contributed by atoms with E-state index in [1.165, 1.54) is 11.1 Å². The lowest BCUT2D eigenvalue weighted by Crippen LogP contribution is -2.56. The average Bonchev–Trinajstić information content (AvgIpc) is 3.37. The van der Waals surface area contributed by atoms with Gasteiger partial charge in [-0.2, -0.15) is 5.10 Å². The molecule has 6 nitrogen and oxygen atoms in total. The normalized spacial score (nSPS) is 23.6. The molecule has 2 aliphatic rings. The molecule has 37 heavy (non-hydrogen) atoms. The fourth-order valence-corrected chi connectivity index (χ4v) is 6.30. The molecule has 200 valence electrons. The van der Waals surface area contributed by atoms with Crippen molar-refractivity contribution in [1.29, 1.82) is 0 Å². The van der Waals surface area contributed by atoms with E-state index in [0.29, 0.717) is 25.4 Å². The Hall–Kier alpha value is -2.71. The molecule has 0 aliphatic carbocycles. The Bertz CT molecular complexity index is 1230. The van der Waals surface area contributed by atoms with Gasteiger partial charge in [-0.3, -0.25) is 19.3 Å². The highest BCUT2D eigenvalue weighted by Gasteiger charge is 2.46. The number of nitrogens with one attached hydrogen (secondary N) is 2. The average molecular weight is 512 g/mol. The van der Waals surface area contributed by atoms with Crippen LogP contribution < -0.4 is 10.1 Å². The lowest BCUT2D eigenvalue weighted by Gasteiger charge is -2.51. The van der Waals surface area contributed by atoms with Crippen molar-refractivity contribution in [3.63, 3.8) is 0 Å². The van der Waals surface area contributed by atoms with Crippen molar-refractivity contribution in [3.05, 3.63) is 53.2 Å². The van der Waals surface area contributed by atoms with Gasteiger partial charge in [-0.25, -0.2) is 4.39 Å². The summed E-state index contributed by atoms with van der Waals surface area (Å²) in [6.45, 7) is 9.02. The Morgan fingerprint density at radius 3 is 2.76 bits per heavy atom. The van der Waals surface area contributed by atoms with Gasteiger partial charge in [-0.05, 0) is 56.4 Å². The molecule has 2 aliphatic heterocycles. The molecule has 1 aromatic heterocycles.